The van der Waals surface area contributed by atoms with Gasteiger partial charge in [0.25, 0.3) is 0 Å². The van der Waals surface area contributed by atoms with Gasteiger partial charge in [0.2, 0.25) is 5.91 Å². The number of carbonyl (C=O) groups is 1. The summed E-state index contributed by atoms with van der Waals surface area (Å²) in [5, 5.41) is 9.93. The van der Waals surface area contributed by atoms with E-state index in [1.807, 2.05) is 37.3 Å². The van der Waals surface area contributed by atoms with Crippen molar-refractivity contribution in [1.29, 1.82) is 0 Å². The Labute approximate surface area is 102 Å². The first kappa shape index (κ1) is 12.1. The fourth-order valence-electron chi connectivity index (χ4n) is 2.26. The Balaban J connectivity index is 2.23. The minimum absolute atomic E-state index is 0.0140. The van der Waals surface area contributed by atoms with Gasteiger partial charge in [-0.05, 0) is 26.3 Å². The molecule has 92 valence electrons. The van der Waals surface area contributed by atoms with Gasteiger partial charge in [0.15, 0.2) is 0 Å². The van der Waals surface area contributed by atoms with Crippen molar-refractivity contribution < 1.29 is 9.90 Å². The van der Waals surface area contributed by atoms with Crippen molar-refractivity contribution >= 4 is 5.91 Å². The van der Waals surface area contributed by atoms with E-state index in [1.165, 1.54) is 0 Å². The summed E-state index contributed by atoms with van der Waals surface area (Å²) < 4.78 is 0. The second-order valence-electron chi connectivity index (χ2n) is 5.28. The molecular weight excluding hydrogens is 214 g/mol. The lowest BCUT2D eigenvalue weighted by atomic mass is 9.89. The average molecular weight is 233 g/mol. The van der Waals surface area contributed by atoms with Gasteiger partial charge in [-0.1, -0.05) is 30.3 Å². The molecule has 1 amide bonds. The second kappa shape index (κ2) is 4.15. The van der Waals surface area contributed by atoms with Gasteiger partial charge in [0.05, 0.1) is 17.6 Å². The Hall–Kier alpha value is -1.35. The van der Waals surface area contributed by atoms with Crippen molar-refractivity contribution in [2.75, 3.05) is 6.54 Å². The van der Waals surface area contributed by atoms with E-state index in [0.717, 1.165) is 5.56 Å². The molecule has 3 nitrogen and oxygen atoms in total. The average Bonchev–Trinajstić information content (AvgIpc) is 2.53. The van der Waals surface area contributed by atoms with E-state index in [4.69, 9.17) is 0 Å². The molecule has 1 aromatic carbocycles. The molecule has 3 heteroatoms. The molecule has 0 bridgehead atoms. The number of β-amino-alcohol motifs (C(OH)–C–C–N with tert-alkyl or cyclic N) is 1. The standard InChI is InChI=1S/C14H19NO2/c1-10(11-7-5-4-6-8-11)15-9-12(16)14(2,3)13(15)17/h4-8,10,12,16H,9H2,1-3H3/t10-,12-/m1/s1. The van der Waals surface area contributed by atoms with Gasteiger partial charge >= 0.3 is 0 Å². The molecule has 1 aliphatic heterocycles. The molecule has 2 rings (SSSR count). The zero-order valence-corrected chi connectivity index (χ0v) is 10.6. The summed E-state index contributed by atoms with van der Waals surface area (Å²) >= 11 is 0. The lowest BCUT2D eigenvalue weighted by Gasteiger charge is -2.26. The summed E-state index contributed by atoms with van der Waals surface area (Å²) in [5.74, 6) is 0.0290. The second-order valence-corrected chi connectivity index (χ2v) is 5.28. The van der Waals surface area contributed by atoms with E-state index in [9.17, 15) is 9.90 Å². The summed E-state index contributed by atoms with van der Waals surface area (Å²) in [5.41, 5.74) is 0.439. The number of likely N-dealkylation sites (tertiary alicyclic amines) is 1. The highest BCUT2D eigenvalue weighted by atomic mass is 16.3. The molecule has 1 aliphatic rings. The van der Waals surface area contributed by atoms with Crippen LogP contribution in [0.15, 0.2) is 30.3 Å². The van der Waals surface area contributed by atoms with Crippen LogP contribution in [0.4, 0.5) is 0 Å². The highest BCUT2D eigenvalue weighted by Gasteiger charge is 2.47. The Morgan fingerprint density at radius 3 is 2.41 bits per heavy atom. The Morgan fingerprint density at radius 1 is 1.35 bits per heavy atom. The summed E-state index contributed by atoms with van der Waals surface area (Å²) in [4.78, 5) is 14.0. The van der Waals surface area contributed by atoms with Crippen LogP contribution in [-0.4, -0.2) is 28.6 Å². The van der Waals surface area contributed by atoms with Crippen LogP contribution >= 0.6 is 0 Å². The van der Waals surface area contributed by atoms with Crippen molar-refractivity contribution in [1.82, 2.24) is 4.90 Å². The van der Waals surface area contributed by atoms with Crippen molar-refractivity contribution in [3.63, 3.8) is 0 Å². The number of aliphatic hydroxyl groups is 1. The van der Waals surface area contributed by atoms with E-state index >= 15 is 0 Å². The third kappa shape index (κ3) is 1.95. The Kier molecular flexibility index (Phi) is 2.96. The number of rotatable bonds is 2. The first-order valence-electron chi connectivity index (χ1n) is 5.98. The molecule has 1 aromatic rings. The first-order chi connectivity index (χ1) is 7.94. The first-order valence-corrected chi connectivity index (χ1v) is 5.98. The van der Waals surface area contributed by atoms with E-state index < -0.39 is 11.5 Å². The number of benzene rings is 1. The fraction of sp³-hybridized carbons (Fsp3) is 0.500. The summed E-state index contributed by atoms with van der Waals surface area (Å²) in [7, 11) is 0. The van der Waals surface area contributed by atoms with Crippen molar-refractivity contribution in [3.8, 4) is 0 Å². The highest BCUT2D eigenvalue weighted by Crippen LogP contribution is 2.36. The van der Waals surface area contributed by atoms with Crippen LogP contribution < -0.4 is 0 Å². The predicted octanol–water partition coefficient (Wildman–Crippen LogP) is 1.98. The highest BCUT2D eigenvalue weighted by molar-refractivity contribution is 5.85. The quantitative estimate of drug-likeness (QED) is 0.848. The fourth-order valence-corrected chi connectivity index (χ4v) is 2.26. The monoisotopic (exact) mass is 233 g/mol. The maximum Gasteiger partial charge on any atom is 0.231 e. The zero-order valence-electron chi connectivity index (χ0n) is 10.6. The molecule has 1 heterocycles. The van der Waals surface area contributed by atoms with Crippen molar-refractivity contribution in [2.45, 2.75) is 32.9 Å². The largest absolute Gasteiger partial charge is 0.390 e. The molecule has 0 spiro atoms. The maximum absolute atomic E-state index is 12.2. The Morgan fingerprint density at radius 2 is 1.94 bits per heavy atom. The van der Waals surface area contributed by atoms with Gasteiger partial charge in [-0.2, -0.15) is 0 Å². The van der Waals surface area contributed by atoms with E-state index in [1.54, 1.807) is 18.7 Å². The van der Waals surface area contributed by atoms with Gasteiger partial charge in [-0.3, -0.25) is 4.79 Å². The molecular formula is C14H19NO2. The van der Waals surface area contributed by atoms with Crippen molar-refractivity contribution in [2.24, 2.45) is 5.41 Å². The lowest BCUT2D eigenvalue weighted by molar-refractivity contribution is -0.137. The maximum atomic E-state index is 12.2. The van der Waals surface area contributed by atoms with Crippen LogP contribution in [0.5, 0.6) is 0 Å². The third-order valence-corrected chi connectivity index (χ3v) is 3.76. The molecule has 17 heavy (non-hydrogen) atoms. The van der Waals surface area contributed by atoms with Gasteiger partial charge in [0, 0.05) is 6.54 Å². The molecule has 0 saturated carbocycles. The SMILES string of the molecule is C[C@H](c1ccccc1)N1C[C@@H](O)C(C)(C)C1=O. The number of amides is 1. The third-order valence-electron chi connectivity index (χ3n) is 3.76. The van der Waals surface area contributed by atoms with Crippen molar-refractivity contribution in [3.05, 3.63) is 35.9 Å². The van der Waals surface area contributed by atoms with Crippen LogP contribution in [0.1, 0.15) is 32.4 Å². The van der Waals surface area contributed by atoms with Gasteiger partial charge in [-0.25, -0.2) is 0 Å². The van der Waals surface area contributed by atoms with Gasteiger partial charge < -0.3 is 10.0 Å². The Bertz CT molecular complexity index is 413. The molecule has 1 N–H and O–H groups in total. The molecule has 0 radical (unpaired) electrons. The molecule has 2 atom stereocenters. The van der Waals surface area contributed by atoms with E-state index in [-0.39, 0.29) is 11.9 Å². The minimum Gasteiger partial charge on any atom is -0.390 e. The summed E-state index contributed by atoms with van der Waals surface area (Å²) in [6.45, 7) is 6.03. The van der Waals surface area contributed by atoms with Gasteiger partial charge in [-0.15, -0.1) is 0 Å². The van der Waals surface area contributed by atoms with Gasteiger partial charge in [0.1, 0.15) is 0 Å². The molecule has 0 unspecified atom stereocenters. The molecule has 1 fully saturated rings. The number of aliphatic hydroxyl groups excluding tert-OH is 1. The van der Waals surface area contributed by atoms with Crippen LogP contribution in [0, 0.1) is 5.41 Å². The number of carbonyl (C=O) groups excluding carboxylic acids is 1. The molecule has 1 saturated heterocycles. The topological polar surface area (TPSA) is 40.5 Å². The summed E-state index contributed by atoms with van der Waals surface area (Å²) in [6, 6.07) is 9.92. The number of hydrogen-bond donors (Lipinski definition) is 1. The lowest BCUT2D eigenvalue weighted by Crippen LogP contribution is -2.34. The number of hydrogen-bond acceptors (Lipinski definition) is 2. The van der Waals surface area contributed by atoms with E-state index in [2.05, 4.69) is 0 Å². The van der Waals surface area contributed by atoms with E-state index in [0.29, 0.717) is 6.54 Å². The van der Waals surface area contributed by atoms with Crippen LogP contribution in [-0.2, 0) is 4.79 Å². The number of nitrogens with zero attached hydrogens (tertiary/aromatic N) is 1. The van der Waals surface area contributed by atoms with Crippen LogP contribution in [0.3, 0.4) is 0 Å². The predicted molar refractivity (Wildman–Crippen MR) is 66.4 cm³/mol. The summed E-state index contributed by atoms with van der Waals surface area (Å²) in [6.07, 6.45) is -0.582. The molecule has 0 aliphatic carbocycles. The smallest absolute Gasteiger partial charge is 0.231 e. The van der Waals surface area contributed by atoms with Crippen LogP contribution in [0.2, 0.25) is 0 Å². The minimum atomic E-state index is -0.664. The zero-order chi connectivity index (χ0) is 12.6. The van der Waals surface area contributed by atoms with Crippen LogP contribution in [0.25, 0.3) is 0 Å². The normalized spacial score (nSPS) is 25.1. The molecule has 0 aromatic heterocycles.